The lowest BCUT2D eigenvalue weighted by atomic mass is 10.2. The van der Waals surface area contributed by atoms with Gasteiger partial charge in [0.15, 0.2) is 0 Å². The van der Waals surface area contributed by atoms with Crippen molar-refractivity contribution in [1.29, 1.82) is 0 Å². The van der Waals surface area contributed by atoms with Crippen LogP contribution in [0.25, 0.3) is 0 Å². The zero-order valence-electron chi connectivity index (χ0n) is 10.0. The lowest BCUT2D eigenvalue weighted by molar-refractivity contribution is 0.0950. The van der Waals surface area contributed by atoms with Crippen LogP contribution in [0.2, 0.25) is 0 Å². The first-order chi connectivity index (χ1) is 7.85. The fourth-order valence-corrected chi connectivity index (χ4v) is 2.27. The number of thioether (sulfide) groups is 1. The molecule has 2 nitrogen and oxygen atoms in total. The molecule has 0 aliphatic heterocycles. The van der Waals surface area contributed by atoms with Gasteiger partial charge in [-0.2, -0.15) is 11.8 Å². The minimum atomic E-state index is -0.0301. The Bertz CT molecular complexity index is 423. The van der Waals surface area contributed by atoms with E-state index in [1.165, 1.54) is 0 Å². The van der Waals surface area contributed by atoms with Crippen molar-refractivity contribution in [3.05, 3.63) is 31.8 Å². The first-order valence-electron chi connectivity index (χ1n) is 5.14. The third-order valence-corrected chi connectivity index (χ3v) is 5.01. The summed E-state index contributed by atoms with van der Waals surface area (Å²) in [5.41, 5.74) is 0.689. The van der Waals surface area contributed by atoms with E-state index in [-0.39, 0.29) is 10.7 Å². The third kappa shape index (κ3) is 4.79. The highest BCUT2D eigenvalue weighted by atomic mass is 127. The molecule has 0 aliphatic rings. The largest absolute Gasteiger partial charge is 0.351 e. The summed E-state index contributed by atoms with van der Waals surface area (Å²) in [5, 5.41) is 2.97. The van der Waals surface area contributed by atoms with E-state index in [2.05, 4.69) is 57.7 Å². The molecule has 0 radical (unpaired) electrons. The SMILES string of the molecule is CSC(C)(C)CNC(=O)c1cc(I)ccc1Br. The van der Waals surface area contributed by atoms with Crippen LogP contribution in [-0.2, 0) is 0 Å². The first-order valence-corrected chi connectivity index (χ1v) is 8.24. The molecule has 0 spiro atoms. The second kappa shape index (κ2) is 6.43. The van der Waals surface area contributed by atoms with Gasteiger partial charge in [0.1, 0.15) is 0 Å². The third-order valence-electron chi connectivity index (χ3n) is 2.40. The van der Waals surface area contributed by atoms with Gasteiger partial charge in [-0.05, 0) is 76.8 Å². The fourth-order valence-electron chi connectivity index (χ4n) is 1.13. The van der Waals surface area contributed by atoms with Gasteiger partial charge < -0.3 is 5.32 Å². The molecular formula is C12H15BrINOS. The van der Waals surface area contributed by atoms with Gasteiger partial charge in [0.2, 0.25) is 0 Å². The molecule has 1 amide bonds. The molecule has 1 rings (SSSR count). The minimum Gasteiger partial charge on any atom is -0.351 e. The topological polar surface area (TPSA) is 29.1 Å². The van der Waals surface area contributed by atoms with Gasteiger partial charge in [0, 0.05) is 19.3 Å². The van der Waals surface area contributed by atoms with Crippen molar-refractivity contribution in [3.63, 3.8) is 0 Å². The molecule has 1 aromatic rings. The van der Waals surface area contributed by atoms with E-state index in [1.807, 2.05) is 24.5 Å². The number of carbonyl (C=O) groups is 1. The van der Waals surface area contributed by atoms with Crippen LogP contribution in [0.3, 0.4) is 0 Å². The minimum absolute atomic E-state index is 0.0301. The molecule has 0 unspecified atom stereocenters. The monoisotopic (exact) mass is 427 g/mol. The smallest absolute Gasteiger partial charge is 0.252 e. The predicted octanol–water partition coefficient (Wildman–Crippen LogP) is 3.93. The van der Waals surface area contributed by atoms with Crippen LogP contribution < -0.4 is 5.32 Å². The van der Waals surface area contributed by atoms with E-state index >= 15 is 0 Å². The van der Waals surface area contributed by atoms with Gasteiger partial charge in [0.05, 0.1) is 5.56 Å². The molecule has 0 heterocycles. The van der Waals surface area contributed by atoms with Crippen LogP contribution in [0.5, 0.6) is 0 Å². The van der Waals surface area contributed by atoms with Crippen LogP contribution in [0.15, 0.2) is 22.7 Å². The summed E-state index contributed by atoms with van der Waals surface area (Å²) in [7, 11) is 0. The van der Waals surface area contributed by atoms with E-state index in [4.69, 9.17) is 0 Å². The zero-order chi connectivity index (χ0) is 13.1. The van der Waals surface area contributed by atoms with E-state index in [0.29, 0.717) is 12.1 Å². The van der Waals surface area contributed by atoms with E-state index in [0.717, 1.165) is 8.04 Å². The maximum absolute atomic E-state index is 12.0. The van der Waals surface area contributed by atoms with Crippen molar-refractivity contribution in [1.82, 2.24) is 5.32 Å². The summed E-state index contributed by atoms with van der Waals surface area (Å²) in [4.78, 5) is 12.0. The molecule has 1 aromatic carbocycles. The van der Waals surface area contributed by atoms with Gasteiger partial charge in [-0.25, -0.2) is 0 Å². The van der Waals surface area contributed by atoms with Gasteiger partial charge >= 0.3 is 0 Å². The molecule has 1 N–H and O–H groups in total. The molecule has 5 heteroatoms. The number of carbonyl (C=O) groups excluding carboxylic acids is 1. The van der Waals surface area contributed by atoms with Crippen molar-refractivity contribution in [3.8, 4) is 0 Å². The van der Waals surface area contributed by atoms with Gasteiger partial charge in [-0.3, -0.25) is 4.79 Å². The maximum Gasteiger partial charge on any atom is 0.252 e. The number of rotatable bonds is 4. The lowest BCUT2D eigenvalue weighted by Crippen LogP contribution is -2.36. The highest BCUT2D eigenvalue weighted by Crippen LogP contribution is 2.22. The Morgan fingerprint density at radius 1 is 1.53 bits per heavy atom. The quantitative estimate of drug-likeness (QED) is 0.737. The Balaban J connectivity index is 2.74. The summed E-state index contributed by atoms with van der Waals surface area (Å²) in [6.45, 7) is 4.88. The van der Waals surface area contributed by atoms with Crippen molar-refractivity contribution in [2.24, 2.45) is 0 Å². The standard InChI is InChI=1S/C12H15BrINOS/c1-12(2,17-3)7-15-11(16)9-6-8(14)4-5-10(9)13/h4-6H,7H2,1-3H3,(H,15,16). The Labute approximate surface area is 129 Å². The zero-order valence-corrected chi connectivity index (χ0v) is 14.6. The van der Waals surface area contributed by atoms with Crippen molar-refractivity contribution in [2.45, 2.75) is 18.6 Å². The summed E-state index contributed by atoms with van der Waals surface area (Å²) in [6, 6.07) is 5.75. The fraction of sp³-hybridized carbons (Fsp3) is 0.417. The van der Waals surface area contributed by atoms with Crippen molar-refractivity contribution in [2.75, 3.05) is 12.8 Å². The van der Waals surface area contributed by atoms with E-state index < -0.39 is 0 Å². The molecule has 0 bridgehead atoms. The van der Waals surface area contributed by atoms with Crippen LogP contribution in [0.1, 0.15) is 24.2 Å². The maximum atomic E-state index is 12.0. The van der Waals surface area contributed by atoms with E-state index in [9.17, 15) is 4.79 Å². The molecular weight excluding hydrogens is 413 g/mol. The Hall–Kier alpha value is 0.250. The predicted molar refractivity (Wildman–Crippen MR) is 86.8 cm³/mol. The van der Waals surface area contributed by atoms with Crippen molar-refractivity contribution >= 4 is 56.2 Å². The van der Waals surface area contributed by atoms with Gasteiger partial charge in [-0.15, -0.1) is 0 Å². The highest BCUT2D eigenvalue weighted by Gasteiger charge is 2.18. The number of benzene rings is 1. The molecule has 0 aromatic heterocycles. The second-order valence-electron chi connectivity index (χ2n) is 4.27. The average Bonchev–Trinajstić information content (AvgIpc) is 2.29. The summed E-state index contributed by atoms with van der Waals surface area (Å²) >= 11 is 7.35. The molecule has 0 saturated heterocycles. The Kier molecular flexibility index (Phi) is 5.79. The first kappa shape index (κ1) is 15.3. The van der Waals surface area contributed by atoms with E-state index in [1.54, 1.807) is 11.8 Å². The summed E-state index contributed by atoms with van der Waals surface area (Å²) < 4.78 is 1.95. The number of hydrogen-bond donors (Lipinski definition) is 1. The Morgan fingerprint density at radius 3 is 2.76 bits per heavy atom. The lowest BCUT2D eigenvalue weighted by Gasteiger charge is -2.22. The number of hydrogen-bond acceptors (Lipinski definition) is 2. The summed E-state index contributed by atoms with van der Waals surface area (Å²) in [6.07, 6.45) is 2.05. The number of amides is 1. The number of halogens is 2. The Morgan fingerprint density at radius 2 is 2.18 bits per heavy atom. The van der Waals surface area contributed by atoms with Gasteiger partial charge in [-0.1, -0.05) is 0 Å². The van der Waals surface area contributed by atoms with Crippen LogP contribution >= 0.6 is 50.3 Å². The van der Waals surface area contributed by atoms with Crippen molar-refractivity contribution < 1.29 is 4.79 Å². The normalized spacial score (nSPS) is 11.4. The number of nitrogens with one attached hydrogen (secondary N) is 1. The van der Waals surface area contributed by atoms with Gasteiger partial charge in [0.25, 0.3) is 5.91 Å². The average molecular weight is 428 g/mol. The molecule has 0 aliphatic carbocycles. The molecule has 17 heavy (non-hydrogen) atoms. The molecule has 0 saturated carbocycles. The van der Waals surface area contributed by atoms with Crippen LogP contribution in [0, 0.1) is 3.57 Å². The molecule has 94 valence electrons. The second-order valence-corrected chi connectivity index (χ2v) is 7.88. The van der Waals surface area contributed by atoms with Crippen LogP contribution in [0.4, 0.5) is 0 Å². The summed E-state index contributed by atoms with van der Waals surface area (Å²) in [5.74, 6) is -0.0301. The molecule has 0 fully saturated rings. The highest BCUT2D eigenvalue weighted by molar-refractivity contribution is 14.1. The van der Waals surface area contributed by atoms with Crippen LogP contribution in [-0.4, -0.2) is 23.5 Å². The molecule has 0 atom stereocenters.